The smallest absolute Gasteiger partial charge is 0.0215 e. The molecule has 0 nitrogen and oxygen atoms in total. The molecule has 32 heavy (non-hydrogen) atoms. The van der Waals surface area contributed by atoms with E-state index in [1.165, 1.54) is 65.5 Å². The van der Waals surface area contributed by atoms with Crippen LogP contribution in [0, 0.1) is 5.92 Å². The maximum Gasteiger partial charge on any atom is 0.0215 e. The molecule has 0 radical (unpaired) electrons. The van der Waals surface area contributed by atoms with E-state index in [1.807, 2.05) is 0 Å². The Labute approximate surface area is 193 Å². The first-order valence-electron chi connectivity index (χ1n) is 12.1. The predicted octanol–water partition coefficient (Wildman–Crippen LogP) is 8.91. The molecule has 0 saturated heterocycles. The van der Waals surface area contributed by atoms with Crippen molar-refractivity contribution in [3.63, 3.8) is 0 Å². The number of benzene rings is 4. The van der Waals surface area contributed by atoms with Crippen molar-refractivity contribution in [3.8, 4) is 22.3 Å². The fourth-order valence-electron chi connectivity index (χ4n) is 5.88. The van der Waals surface area contributed by atoms with E-state index in [4.69, 9.17) is 0 Å². The molecule has 0 heteroatoms. The van der Waals surface area contributed by atoms with Gasteiger partial charge in [-0.25, -0.2) is 0 Å². The second-order valence-corrected chi connectivity index (χ2v) is 9.36. The highest BCUT2D eigenvalue weighted by molar-refractivity contribution is 5.75. The van der Waals surface area contributed by atoms with Gasteiger partial charge in [-0.2, -0.15) is 0 Å². The highest BCUT2D eigenvalue weighted by Crippen LogP contribution is 2.50. The van der Waals surface area contributed by atoms with Gasteiger partial charge < -0.3 is 0 Å². The van der Waals surface area contributed by atoms with Gasteiger partial charge >= 0.3 is 0 Å². The van der Waals surface area contributed by atoms with Gasteiger partial charge in [0.25, 0.3) is 0 Å². The van der Waals surface area contributed by atoms with Crippen LogP contribution in [-0.2, 0) is 5.41 Å². The number of hydrogen-bond acceptors (Lipinski definition) is 0. The van der Waals surface area contributed by atoms with Gasteiger partial charge in [0.2, 0.25) is 0 Å². The summed E-state index contributed by atoms with van der Waals surface area (Å²) in [7, 11) is 0. The van der Waals surface area contributed by atoms with Crippen LogP contribution in [0.3, 0.4) is 0 Å². The highest BCUT2D eigenvalue weighted by Gasteiger charge is 2.40. The van der Waals surface area contributed by atoms with Crippen LogP contribution in [0.1, 0.15) is 50.2 Å². The van der Waals surface area contributed by atoms with Crippen LogP contribution in [0.4, 0.5) is 0 Å². The van der Waals surface area contributed by atoms with E-state index in [-0.39, 0.29) is 5.41 Å². The number of rotatable bonds is 5. The average Bonchev–Trinajstić information content (AvgIpc) is 2.90. The molecule has 0 bridgehead atoms. The van der Waals surface area contributed by atoms with Crippen molar-refractivity contribution in [1.29, 1.82) is 0 Å². The molecule has 0 unspecified atom stereocenters. The fourth-order valence-corrected chi connectivity index (χ4v) is 5.88. The molecule has 0 heterocycles. The zero-order valence-corrected chi connectivity index (χ0v) is 19.0. The molecular weight excluding hydrogens is 384 g/mol. The lowest BCUT2D eigenvalue weighted by Crippen LogP contribution is -2.36. The van der Waals surface area contributed by atoms with E-state index in [1.54, 1.807) is 0 Å². The highest BCUT2D eigenvalue weighted by atomic mass is 14.4. The van der Waals surface area contributed by atoms with Crippen molar-refractivity contribution in [2.75, 3.05) is 0 Å². The Morgan fingerprint density at radius 3 is 1.38 bits per heavy atom. The van der Waals surface area contributed by atoms with Crippen LogP contribution in [0.5, 0.6) is 0 Å². The van der Waals surface area contributed by atoms with E-state index < -0.39 is 0 Å². The second-order valence-electron chi connectivity index (χ2n) is 9.36. The Morgan fingerprint density at radius 2 is 0.906 bits per heavy atom. The lowest BCUT2D eigenvalue weighted by atomic mass is 9.60. The van der Waals surface area contributed by atoms with E-state index in [0.717, 1.165) is 0 Å². The van der Waals surface area contributed by atoms with Gasteiger partial charge in [-0.3, -0.25) is 0 Å². The van der Waals surface area contributed by atoms with Gasteiger partial charge in [0.15, 0.2) is 0 Å². The predicted molar refractivity (Wildman–Crippen MR) is 137 cm³/mol. The minimum atomic E-state index is -0.0563. The van der Waals surface area contributed by atoms with E-state index in [9.17, 15) is 0 Å². The quantitative estimate of drug-likeness (QED) is 0.305. The lowest BCUT2D eigenvalue weighted by molar-refractivity contribution is 0.255. The topological polar surface area (TPSA) is 0 Å². The molecule has 0 atom stereocenters. The van der Waals surface area contributed by atoms with Gasteiger partial charge in [0.1, 0.15) is 0 Å². The van der Waals surface area contributed by atoms with Gasteiger partial charge in [0.05, 0.1) is 0 Å². The summed E-state index contributed by atoms with van der Waals surface area (Å²) in [5.74, 6) is 0.631. The second kappa shape index (κ2) is 9.17. The van der Waals surface area contributed by atoms with Crippen molar-refractivity contribution < 1.29 is 0 Å². The van der Waals surface area contributed by atoms with Crippen LogP contribution in [0.25, 0.3) is 22.3 Å². The van der Waals surface area contributed by atoms with Crippen LogP contribution < -0.4 is 0 Å². The van der Waals surface area contributed by atoms with Crippen molar-refractivity contribution in [1.82, 2.24) is 0 Å². The Hall–Kier alpha value is -3.12. The molecule has 1 fully saturated rings. The SMILES string of the molecule is CC(c1ccccc1-c1ccccc1)(c1ccccc1-c1ccccc1)C1CCCCC1. The lowest BCUT2D eigenvalue weighted by Gasteiger charge is -2.43. The maximum absolute atomic E-state index is 2.52. The molecular formula is C32H32. The summed E-state index contributed by atoms with van der Waals surface area (Å²) in [6, 6.07) is 40.1. The van der Waals surface area contributed by atoms with E-state index >= 15 is 0 Å². The molecule has 1 saturated carbocycles. The van der Waals surface area contributed by atoms with Crippen LogP contribution in [0.2, 0.25) is 0 Å². The van der Waals surface area contributed by atoms with Crippen molar-refractivity contribution in [3.05, 3.63) is 120 Å². The summed E-state index contributed by atoms with van der Waals surface area (Å²) >= 11 is 0. The summed E-state index contributed by atoms with van der Waals surface area (Å²) in [5, 5.41) is 0. The normalized spacial score (nSPS) is 14.9. The van der Waals surface area contributed by atoms with Crippen molar-refractivity contribution in [2.24, 2.45) is 5.92 Å². The van der Waals surface area contributed by atoms with Crippen molar-refractivity contribution >= 4 is 0 Å². The Morgan fingerprint density at radius 1 is 0.500 bits per heavy atom. The van der Waals surface area contributed by atoms with Gasteiger partial charge in [-0.05, 0) is 52.1 Å². The molecule has 4 aromatic carbocycles. The molecule has 5 rings (SSSR count). The van der Waals surface area contributed by atoms with Crippen LogP contribution >= 0.6 is 0 Å². The summed E-state index contributed by atoms with van der Waals surface area (Å²) in [6.07, 6.45) is 6.63. The van der Waals surface area contributed by atoms with Gasteiger partial charge in [-0.1, -0.05) is 135 Å². The third kappa shape index (κ3) is 3.79. The standard InChI is InChI=1S/C32H32/c1-32(27-19-9-4-10-20-27,30-23-13-11-21-28(30)25-15-5-2-6-16-25)31-24-14-12-22-29(31)26-17-7-3-8-18-26/h2-3,5-8,11-18,21-24,27H,4,9-10,19-20H2,1H3. The first kappa shape index (κ1) is 20.8. The molecule has 0 amide bonds. The summed E-state index contributed by atoms with van der Waals surface area (Å²) < 4.78 is 0. The Bertz CT molecular complexity index is 1070. The molecule has 160 valence electrons. The molecule has 1 aliphatic carbocycles. The molecule has 1 aliphatic rings. The Balaban J connectivity index is 1.76. The molecule has 0 N–H and O–H groups in total. The summed E-state index contributed by atoms with van der Waals surface area (Å²) in [5.41, 5.74) is 8.21. The van der Waals surface area contributed by atoms with E-state index in [2.05, 4.69) is 116 Å². The first-order valence-corrected chi connectivity index (χ1v) is 12.1. The summed E-state index contributed by atoms with van der Waals surface area (Å²) in [6.45, 7) is 2.52. The minimum Gasteiger partial charge on any atom is -0.0622 e. The Kier molecular flexibility index (Phi) is 5.95. The van der Waals surface area contributed by atoms with Gasteiger partial charge in [-0.15, -0.1) is 0 Å². The van der Waals surface area contributed by atoms with Crippen LogP contribution in [-0.4, -0.2) is 0 Å². The monoisotopic (exact) mass is 416 g/mol. The third-order valence-electron chi connectivity index (χ3n) is 7.56. The molecule has 4 aromatic rings. The molecule has 0 spiro atoms. The van der Waals surface area contributed by atoms with E-state index in [0.29, 0.717) is 5.92 Å². The van der Waals surface area contributed by atoms with Gasteiger partial charge in [0, 0.05) is 5.41 Å². The zero-order chi connectivity index (χ0) is 21.8. The first-order chi connectivity index (χ1) is 15.8. The fraction of sp³-hybridized carbons (Fsp3) is 0.250. The maximum atomic E-state index is 2.52. The number of hydrogen-bond donors (Lipinski definition) is 0. The average molecular weight is 417 g/mol. The third-order valence-corrected chi connectivity index (χ3v) is 7.56. The van der Waals surface area contributed by atoms with Crippen LogP contribution in [0.15, 0.2) is 109 Å². The molecule has 0 aliphatic heterocycles. The summed E-state index contributed by atoms with van der Waals surface area (Å²) in [4.78, 5) is 0. The molecule has 0 aromatic heterocycles. The zero-order valence-electron chi connectivity index (χ0n) is 19.0. The van der Waals surface area contributed by atoms with Crippen molar-refractivity contribution in [2.45, 2.75) is 44.4 Å². The minimum absolute atomic E-state index is 0.0563. The largest absolute Gasteiger partial charge is 0.0622 e.